The summed E-state index contributed by atoms with van der Waals surface area (Å²) in [5.74, 6) is -1.58. The highest BCUT2D eigenvalue weighted by atomic mass is 19.3. The van der Waals surface area contributed by atoms with Gasteiger partial charge in [0.15, 0.2) is 0 Å². The van der Waals surface area contributed by atoms with Gasteiger partial charge >= 0.3 is 0 Å². The van der Waals surface area contributed by atoms with Crippen LogP contribution in [0.25, 0.3) is 0 Å². The van der Waals surface area contributed by atoms with Crippen LogP contribution in [0.4, 0.5) is 8.78 Å². The molecule has 112 valence electrons. The van der Waals surface area contributed by atoms with Crippen molar-refractivity contribution < 1.29 is 18.6 Å². The van der Waals surface area contributed by atoms with Crippen molar-refractivity contribution in [2.24, 2.45) is 5.92 Å². The molecule has 20 heavy (non-hydrogen) atoms. The first-order valence-electron chi connectivity index (χ1n) is 7.29. The zero-order chi connectivity index (χ0) is 14.6. The molecule has 0 spiro atoms. The van der Waals surface area contributed by atoms with Gasteiger partial charge in [0.2, 0.25) is 5.92 Å². The number of alkyl halides is 2. The van der Waals surface area contributed by atoms with Gasteiger partial charge in [-0.2, -0.15) is 0 Å². The van der Waals surface area contributed by atoms with E-state index in [1.807, 2.05) is 31.2 Å². The smallest absolute Gasteiger partial charge is 0.248 e. The van der Waals surface area contributed by atoms with Gasteiger partial charge in [0.05, 0.1) is 12.7 Å². The van der Waals surface area contributed by atoms with E-state index in [0.29, 0.717) is 31.6 Å². The number of rotatable bonds is 5. The molecule has 1 aliphatic rings. The number of benzene rings is 1. The van der Waals surface area contributed by atoms with Crippen molar-refractivity contribution in [3.05, 3.63) is 29.8 Å². The van der Waals surface area contributed by atoms with E-state index in [9.17, 15) is 13.9 Å². The van der Waals surface area contributed by atoms with Crippen molar-refractivity contribution in [2.45, 2.75) is 51.1 Å². The largest absolute Gasteiger partial charge is 0.493 e. The molecule has 1 aliphatic carbocycles. The fraction of sp³-hybridized carbons (Fsp3) is 0.625. The molecule has 0 radical (unpaired) electrons. The number of aliphatic hydroxyl groups is 1. The van der Waals surface area contributed by atoms with Gasteiger partial charge in [-0.15, -0.1) is 0 Å². The molecule has 1 aromatic rings. The first-order chi connectivity index (χ1) is 9.50. The Morgan fingerprint density at radius 2 is 2.05 bits per heavy atom. The molecule has 1 saturated carbocycles. The molecule has 2 nitrogen and oxygen atoms in total. The lowest BCUT2D eigenvalue weighted by atomic mass is 9.87. The van der Waals surface area contributed by atoms with Gasteiger partial charge in [0.25, 0.3) is 0 Å². The van der Waals surface area contributed by atoms with Gasteiger partial charge in [-0.1, -0.05) is 19.1 Å². The lowest BCUT2D eigenvalue weighted by Gasteiger charge is -2.28. The predicted octanol–water partition coefficient (Wildman–Crippen LogP) is 4.33. The summed E-state index contributed by atoms with van der Waals surface area (Å²) in [7, 11) is 0. The summed E-state index contributed by atoms with van der Waals surface area (Å²) in [5.41, 5.74) is 0.833. The van der Waals surface area contributed by atoms with Gasteiger partial charge in [-0.05, 0) is 42.9 Å². The maximum Gasteiger partial charge on any atom is 0.248 e. The van der Waals surface area contributed by atoms with E-state index in [2.05, 4.69) is 0 Å². The maximum atomic E-state index is 13.1. The fourth-order valence-electron chi connectivity index (χ4n) is 2.53. The second-order valence-electron chi connectivity index (χ2n) is 5.61. The standard InChI is InChI=1S/C16H22F2O2/c1-2-15(19)13-4-3-5-14(10-13)20-11-12-6-8-16(17,18)9-7-12/h3-5,10,12,15,19H,2,6-9,11H2,1H3. The monoisotopic (exact) mass is 284 g/mol. The third-order valence-corrected chi connectivity index (χ3v) is 3.95. The van der Waals surface area contributed by atoms with E-state index in [0.717, 1.165) is 5.56 Å². The Morgan fingerprint density at radius 1 is 1.35 bits per heavy atom. The average Bonchev–Trinajstić information content (AvgIpc) is 2.45. The number of halogens is 2. The molecule has 0 aliphatic heterocycles. The maximum absolute atomic E-state index is 13.1. The summed E-state index contributed by atoms with van der Waals surface area (Å²) in [6.45, 7) is 2.39. The van der Waals surface area contributed by atoms with E-state index in [4.69, 9.17) is 4.74 Å². The van der Waals surface area contributed by atoms with Crippen molar-refractivity contribution in [1.29, 1.82) is 0 Å². The Labute approximate surface area is 118 Å². The molecule has 0 amide bonds. The Kier molecular flexibility index (Phi) is 4.97. The molecule has 1 N–H and O–H groups in total. The zero-order valence-electron chi connectivity index (χ0n) is 11.8. The van der Waals surface area contributed by atoms with E-state index >= 15 is 0 Å². The number of ether oxygens (including phenoxy) is 1. The van der Waals surface area contributed by atoms with Crippen molar-refractivity contribution >= 4 is 0 Å². The molecule has 2 rings (SSSR count). The van der Waals surface area contributed by atoms with Crippen LogP contribution in [0, 0.1) is 5.92 Å². The summed E-state index contributed by atoms with van der Waals surface area (Å²) in [5, 5.41) is 9.79. The van der Waals surface area contributed by atoms with Crippen molar-refractivity contribution in [2.75, 3.05) is 6.61 Å². The normalized spacial score (nSPS) is 20.6. The molecule has 0 heterocycles. The van der Waals surface area contributed by atoms with Crippen LogP contribution in [0.1, 0.15) is 50.7 Å². The number of hydrogen-bond donors (Lipinski definition) is 1. The number of aliphatic hydroxyl groups excluding tert-OH is 1. The van der Waals surface area contributed by atoms with Crippen LogP contribution < -0.4 is 4.74 Å². The third-order valence-electron chi connectivity index (χ3n) is 3.95. The minimum atomic E-state index is -2.48. The fourth-order valence-corrected chi connectivity index (χ4v) is 2.53. The summed E-state index contributed by atoms with van der Waals surface area (Å²) < 4.78 is 31.8. The Hall–Kier alpha value is -1.16. The summed E-state index contributed by atoms with van der Waals surface area (Å²) in [4.78, 5) is 0. The van der Waals surface area contributed by atoms with Crippen molar-refractivity contribution in [1.82, 2.24) is 0 Å². The molecule has 4 heteroatoms. The summed E-state index contributed by atoms with van der Waals surface area (Å²) in [6, 6.07) is 7.37. The quantitative estimate of drug-likeness (QED) is 0.871. The summed E-state index contributed by atoms with van der Waals surface area (Å²) in [6.07, 6.45) is 1.15. The molecule has 0 saturated heterocycles. The molecular formula is C16H22F2O2. The molecule has 1 atom stereocenters. The second-order valence-corrected chi connectivity index (χ2v) is 5.61. The topological polar surface area (TPSA) is 29.5 Å². The van der Waals surface area contributed by atoms with E-state index in [-0.39, 0.29) is 18.8 Å². The first kappa shape index (κ1) is 15.2. The molecule has 1 fully saturated rings. The molecule has 0 aromatic heterocycles. The number of hydrogen-bond acceptors (Lipinski definition) is 2. The highest BCUT2D eigenvalue weighted by Crippen LogP contribution is 2.36. The SMILES string of the molecule is CCC(O)c1cccc(OCC2CCC(F)(F)CC2)c1. The van der Waals surface area contributed by atoms with Crippen LogP contribution in [0.5, 0.6) is 5.75 Å². The van der Waals surface area contributed by atoms with Gasteiger partial charge in [-0.3, -0.25) is 0 Å². The van der Waals surface area contributed by atoms with Crippen LogP contribution >= 0.6 is 0 Å². The Morgan fingerprint density at radius 3 is 2.70 bits per heavy atom. The van der Waals surface area contributed by atoms with Crippen LogP contribution in [0.3, 0.4) is 0 Å². The first-order valence-corrected chi connectivity index (χ1v) is 7.29. The van der Waals surface area contributed by atoms with Crippen LogP contribution in [0.2, 0.25) is 0 Å². The van der Waals surface area contributed by atoms with E-state index in [1.54, 1.807) is 0 Å². The van der Waals surface area contributed by atoms with E-state index in [1.165, 1.54) is 0 Å². The third kappa shape index (κ3) is 4.17. The second kappa shape index (κ2) is 6.53. The van der Waals surface area contributed by atoms with Crippen LogP contribution in [-0.4, -0.2) is 17.6 Å². The Balaban J connectivity index is 1.85. The summed E-state index contributed by atoms with van der Waals surface area (Å²) >= 11 is 0. The van der Waals surface area contributed by atoms with Crippen molar-refractivity contribution in [3.63, 3.8) is 0 Å². The van der Waals surface area contributed by atoms with E-state index < -0.39 is 12.0 Å². The molecule has 1 aromatic carbocycles. The van der Waals surface area contributed by atoms with Gasteiger partial charge in [-0.25, -0.2) is 8.78 Å². The van der Waals surface area contributed by atoms with Crippen molar-refractivity contribution in [3.8, 4) is 5.75 Å². The van der Waals surface area contributed by atoms with Crippen LogP contribution in [0.15, 0.2) is 24.3 Å². The van der Waals surface area contributed by atoms with Gasteiger partial charge < -0.3 is 9.84 Å². The lowest BCUT2D eigenvalue weighted by molar-refractivity contribution is -0.0498. The molecule has 1 unspecified atom stereocenters. The zero-order valence-corrected chi connectivity index (χ0v) is 11.8. The highest BCUT2D eigenvalue weighted by molar-refractivity contribution is 5.29. The van der Waals surface area contributed by atoms with Crippen LogP contribution in [-0.2, 0) is 0 Å². The minimum absolute atomic E-state index is 0.0321. The predicted molar refractivity (Wildman–Crippen MR) is 74.1 cm³/mol. The minimum Gasteiger partial charge on any atom is -0.493 e. The van der Waals surface area contributed by atoms with Gasteiger partial charge in [0.1, 0.15) is 5.75 Å². The van der Waals surface area contributed by atoms with Gasteiger partial charge in [0, 0.05) is 12.8 Å². The molecule has 0 bridgehead atoms. The molecular weight excluding hydrogens is 262 g/mol. The lowest BCUT2D eigenvalue weighted by Crippen LogP contribution is -2.27. The Bertz CT molecular complexity index is 424. The highest BCUT2D eigenvalue weighted by Gasteiger charge is 2.34. The average molecular weight is 284 g/mol.